The van der Waals surface area contributed by atoms with Gasteiger partial charge in [0.1, 0.15) is 5.69 Å². The molecular weight excluding hydrogens is 352 g/mol. The van der Waals surface area contributed by atoms with Crippen molar-refractivity contribution >= 4 is 11.6 Å². The smallest absolute Gasteiger partial charge is 0.270 e. The Hall–Kier alpha value is -2.08. The van der Waals surface area contributed by atoms with Gasteiger partial charge in [0.05, 0.1) is 12.3 Å². The molecule has 0 saturated heterocycles. The largest absolute Gasteiger partial charge is 0.490 e. The van der Waals surface area contributed by atoms with Crippen LogP contribution in [0, 0.1) is 25.7 Å². The summed E-state index contributed by atoms with van der Waals surface area (Å²) in [5.74, 6) is 1.59. The normalized spacial score (nSPS) is 13.9. The van der Waals surface area contributed by atoms with Gasteiger partial charge >= 0.3 is 0 Å². The lowest BCUT2D eigenvalue weighted by atomic mass is 9.92. The minimum absolute atomic E-state index is 0.163. The van der Waals surface area contributed by atoms with E-state index in [1.165, 1.54) is 0 Å². The summed E-state index contributed by atoms with van der Waals surface area (Å²) in [6.07, 6.45) is 3.74. The van der Waals surface area contributed by atoms with Crippen LogP contribution in [0.5, 0.6) is 5.75 Å². The number of amides is 1. The van der Waals surface area contributed by atoms with Crippen LogP contribution in [-0.2, 0) is 0 Å². The first kappa shape index (κ1) is 22.2. The number of hydrogen-bond acceptors (Lipinski definition) is 4. The van der Waals surface area contributed by atoms with Crippen LogP contribution in [0.1, 0.15) is 69.2 Å². The number of fused-ring (bicyclic) bond motifs is 1. The topological polar surface area (TPSA) is 81.6 Å². The predicted molar refractivity (Wildman–Crippen MR) is 114 cm³/mol. The van der Waals surface area contributed by atoms with Crippen LogP contribution in [0.15, 0.2) is 12.3 Å². The fourth-order valence-corrected chi connectivity index (χ4v) is 3.51. The number of rotatable bonds is 9. The van der Waals surface area contributed by atoms with Crippen molar-refractivity contribution in [1.82, 2.24) is 14.7 Å². The summed E-state index contributed by atoms with van der Waals surface area (Å²) in [5.41, 5.74) is 8.80. The number of carbonyl (C=O) groups is 1. The summed E-state index contributed by atoms with van der Waals surface area (Å²) in [7, 11) is 0. The van der Waals surface area contributed by atoms with Gasteiger partial charge in [-0.2, -0.15) is 0 Å². The molecule has 1 atom stereocenters. The van der Waals surface area contributed by atoms with E-state index in [-0.39, 0.29) is 5.91 Å². The van der Waals surface area contributed by atoms with E-state index in [2.05, 4.69) is 38.0 Å². The van der Waals surface area contributed by atoms with Gasteiger partial charge in [-0.25, -0.2) is 4.98 Å². The predicted octanol–water partition coefficient (Wildman–Crippen LogP) is 3.87. The minimum Gasteiger partial charge on any atom is -0.490 e. The fourth-order valence-electron chi connectivity index (χ4n) is 3.51. The molecule has 0 radical (unpaired) electrons. The highest BCUT2D eigenvalue weighted by Crippen LogP contribution is 2.25. The van der Waals surface area contributed by atoms with Crippen LogP contribution in [0.25, 0.3) is 5.65 Å². The van der Waals surface area contributed by atoms with Crippen molar-refractivity contribution in [2.75, 3.05) is 13.2 Å². The Morgan fingerprint density at radius 1 is 1.29 bits per heavy atom. The van der Waals surface area contributed by atoms with Gasteiger partial charge in [-0.05, 0) is 57.1 Å². The first-order valence-corrected chi connectivity index (χ1v) is 10.2. The van der Waals surface area contributed by atoms with E-state index in [4.69, 9.17) is 10.5 Å². The van der Waals surface area contributed by atoms with E-state index >= 15 is 0 Å². The molecule has 2 rings (SSSR count). The molecule has 0 aliphatic carbocycles. The molecule has 0 aromatic carbocycles. The number of hydrogen-bond donors (Lipinski definition) is 2. The average Bonchev–Trinajstić information content (AvgIpc) is 2.87. The Kier molecular flexibility index (Phi) is 7.10. The molecule has 0 fully saturated rings. The molecule has 0 aliphatic heterocycles. The highest BCUT2D eigenvalue weighted by molar-refractivity contribution is 5.95. The Morgan fingerprint density at radius 2 is 1.96 bits per heavy atom. The quantitative estimate of drug-likeness (QED) is 0.683. The minimum atomic E-state index is -0.445. The Labute approximate surface area is 168 Å². The second-order valence-corrected chi connectivity index (χ2v) is 9.09. The van der Waals surface area contributed by atoms with Crippen LogP contribution < -0.4 is 15.8 Å². The molecule has 0 spiro atoms. The molecule has 6 nitrogen and oxygen atoms in total. The fraction of sp³-hybridized carbons (Fsp3) is 0.636. The highest BCUT2D eigenvalue weighted by Gasteiger charge is 2.24. The second-order valence-electron chi connectivity index (χ2n) is 9.09. The molecule has 0 aliphatic rings. The number of aromatic nitrogens is 2. The van der Waals surface area contributed by atoms with Crippen LogP contribution in [0.4, 0.5) is 0 Å². The molecule has 2 aromatic rings. The SMILES string of the molecule is Cc1cc(OCCC(C)C)c2nc(C)c(C(=O)NCC(C)(N)CC(C)C)n2c1. The number of nitrogens with one attached hydrogen (secondary N) is 1. The number of pyridine rings is 1. The third-order valence-corrected chi connectivity index (χ3v) is 4.69. The third-order valence-electron chi connectivity index (χ3n) is 4.69. The zero-order valence-corrected chi connectivity index (χ0v) is 18.4. The van der Waals surface area contributed by atoms with Crippen molar-refractivity contribution in [3.05, 3.63) is 29.2 Å². The van der Waals surface area contributed by atoms with Crippen molar-refractivity contribution in [2.45, 2.75) is 66.8 Å². The lowest BCUT2D eigenvalue weighted by Crippen LogP contribution is -2.48. The number of carbonyl (C=O) groups excluding carboxylic acids is 1. The summed E-state index contributed by atoms with van der Waals surface area (Å²) in [4.78, 5) is 17.5. The summed E-state index contributed by atoms with van der Waals surface area (Å²) < 4.78 is 7.82. The number of ether oxygens (including phenoxy) is 1. The van der Waals surface area contributed by atoms with Crippen molar-refractivity contribution < 1.29 is 9.53 Å². The number of nitrogens with two attached hydrogens (primary N) is 1. The van der Waals surface area contributed by atoms with Crippen molar-refractivity contribution in [1.29, 1.82) is 0 Å². The van der Waals surface area contributed by atoms with E-state index < -0.39 is 5.54 Å². The molecule has 2 aromatic heterocycles. The molecule has 1 unspecified atom stereocenters. The van der Waals surface area contributed by atoms with Gasteiger partial charge in [-0.3, -0.25) is 9.20 Å². The summed E-state index contributed by atoms with van der Waals surface area (Å²) in [6.45, 7) is 15.5. The molecule has 156 valence electrons. The third kappa shape index (κ3) is 5.71. The standard InChI is InChI=1S/C22H36N4O2/c1-14(2)8-9-28-18-10-16(5)12-26-19(17(6)25-20(18)26)21(27)24-13-22(7,23)11-15(3)4/h10,12,14-15H,8-9,11,13,23H2,1-7H3,(H,24,27). The van der Waals surface area contributed by atoms with Gasteiger partial charge in [0.15, 0.2) is 11.4 Å². The van der Waals surface area contributed by atoms with Crippen LogP contribution in [0.3, 0.4) is 0 Å². The van der Waals surface area contributed by atoms with E-state index in [0.717, 1.165) is 18.4 Å². The van der Waals surface area contributed by atoms with Crippen molar-refractivity contribution in [3.8, 4) is 5.75 Å². The number of imidazole rings is 1. The summed E-state index contributed by atoms with van der Waals surface area (Å²) in [6, 6.07) is 1.98. The first-order chi connectivity index (χ1) is 13.0. The lowest BCUT2D eigenvalue weighted by molar-refractivity contribution is 0.0935. The molecule has 0 bridgehead atoms. The van der Waals surface area contributed by atoms with Crippen LogP contribution >= 0.6 is 0 Å². The van der Waals surface area contributed by atoms with Crippen molar-refractivity contribution in [3.63, 3.8) is 0 Å². The molecule has 1 amide bonds. The lowest BCUT2D eigenvalue weighted by Gasteiger charge is -2.26. The maximum atomic E-state index is 12.9. The average molecular weight is 389 g/mol. The van der Waals surface area contributed by atoms with Gasteiger partial charge in [0.2, 0.25) is 0 Å². The maximum Gasteiger partial charge on any atom is 0.270 e. The second kappa shape index (κ2) is 8.95. The van der Waals surface area contributed by atoms with E-state index in [1.807, 2.05) is 37.4 Å². The number of nitrogens with zero attached hydrogens (tertiary/aromatic N) is 2. The zero-order chi connectivity index (χ0) is 21.1. The van der Waals surface area contributed by atoms with Gasteiger partial charge in [-0.1, -0.05) is 27.7 Å². The maximum absolute atomic E-state index is 12.9. The van der Waals surface area contributed by atoms with E-state index in [9.17, 15) is 4.79 Å². The molecule has 6 heteroatoms. The monoisotopic (exact) mass is 388 g/mol. The molecule has 0 saturated carbocycles. The summed E-state index contributed by atoms with van der Waals surface area (Å²) in [5, 5.41) is 3.00. The molecule has 2 heterocycles. The van der Waals surface area contributed by atoms with Gasteiger partial charge < -0.3 is 15.8 Å². The molecular formula is C22H36N4O2. The van der Waals surface area contributed by atoms with Gasteiger partial charge in [-0.15, -0.1) is 0 Å². The Morgan fingerprint density at radius 3 is 2.57 bits per heavy atom. The van der Waals surface area contributed by atoms with Crippen LogP contribution in [-0.4, -0.2) is 34.0 Å². The van der Waals surface area contributed by atoms with Gasteiger partial charge in [0, 0.05) is 18.3 Å². The first-order valence-electron chi connectivity index (χ1n) is 10.2. The van der Waals surface area contributed by atoms with Crippen LogP contribution in [0.2, 0.25) is 0 Å². The van der Waals surface area contributed by atoms with E-state index in [0.29, 0.717) is 47.8 Å². The summed E-state index contributed by atoms with van der Waals surface area (Å²) >= 11 is 0. The van der Waals surface area contributed by atoms with Gasteiger partial charge in [0.25, 0.3) is 5.91 Å². The zero-order valence-electron chi connectivity index (χ0n) is 18.4. The Bertz CT molecular complexity index is 822. The van der Waals surface area contributed by atoms with E-state index in [1.54, 1.807) is 0 Å². The molecule has 28 heavy (non-hydrogen) atoms. The van der Waals surface area contributed by atoms with Crippen molar-refractivity contribution in [2.24, 2.45) is 17.6 Å². The highest BCUT2D eigenvalue weighted by atomic mass is 16.5. The molecule has 3 N–H and O–H groups in total. The number of aryl methyl sites for hydroxylation is 2. The Balaban J connectivity index is 2.26.